The number of amides is 2. The van der Waals surface area contributed by atoms with Crippen LogP contribution in [0.15, 0.2) is 42.5 Å². The second-order valence-corrected chi connectivity index (χ2v) is 10.3. The largest absolute Gasteiger partial charge is 0.484 e. The number of benzene rings is 2. The normalized spacial score (nSPS) is 14.4. The third-order valence-corrected chi connectivity index (χ3v) is 7.62. The Bertz CT molecular complexity index is 884. The maximum absolute atomic E-state index is 12.3. The molecule has 3 rings (SSSR count). The molecule has 1 fully saturated rings. The lowest BCUT2D eigenvalue weighted by atomic mass is 10.1. The summed E-state index contributed by atoms with van der Waals surface area (Å²) in [5, 5.41) is 5.88. The molecule has 0 atom stereocenters. The van der Waals surface area contributed by atoms with E-state index in [1.54, 1.807) is 18.2 Å². The summed E-state index contributed by atoms with van der Waals surface area (Å²) < 4.78 is 6.08. The lowest BCUT2D eigenvalue weighted by Gasteiger charge is -2.21. The first kappa shape index (κ1) is 22.8. The van der Waals surface area contributed by atoms with Crippen molar-refractivity contribution in [2.24, 2.45) is 0 Å². The summed E-state index contributed by atoms with van der Waals surface area (Å²) in [7, 11) is 0. The Balaban J connectivity index is 1.54. The lowest BCUT2D eigenvalue weighted by Crippen LogP contribution is -2.30. The van der Waals surface area contributed by atoms with Gasteiger partial charge in [-0.15, -0.1) is 23.5 Å². The van der Waals surface area contributed by atoms with Crippen LogP contribution in [0.1, 0.15) is 40.8 Å². The summed E-state index contributed by atoms with van der Waals surface area (Å²) in [4.78, 5) is 24.5. The van der Waals surface area contributed by atoms with E-state index in [0.29, 0.717) is 26.6 Å². The van der Waals surface area contributed by atoms with Gasteiger partial charge in [0.15, 0.2) is 6.61 Å². The van der Waals surface area contributed by atoms with E-state index in [1.807, 2.05) is 49.5 Å². The molecule has 160 valence electrons. The maximum Gasteiger partial charge on any atom is 0.262 e. The number of anilines is 1. The van der Waals surface area contributed by atoms with Crippen LogP contribution >= 0.6 is 35.1 Å². The number of carbonyl (C=O) groups excluding carboxylic acids is 2. The number of hydrogen-bond acceptors (Lipinski definition) is 5. The molecule has 0 radical (unpaired) electrons. The fourth-order valence-electron chi connectivity index (χ4n) is 2.84. The van der Waals surface area contributed by atoms with E-state index in [4.69, 9.17) is 16.3 Å². The average molecular weight is 465 g/mol. The molecule has 0 unspecified atom stereocenters. The highest BCUT2D eigenvalue weighted by Crippen LogP contribution is 2.43. The van der Waals surface area contributed by atoms with E-state index < -0.39 is 0 Å². The van der Waals surface area contributed by atoms with Gasteiger partial charge in [-0.1, -0.05) is 23.7 Å². The minimum atomic E-state index is -0.346. The molecule has 2 amide bonds. The molecule has 30 heavy (non-hydrogen) atoms. The molecule has 2 aromatic carbocycles. The fraction of sp³-hybridized carbons (Fsp3) is 0.364. The Morgan fingerprint density at radius 1 is 1.13 bits per heavy atom. The molecule has 0 aliphatic carbocycles. The van der Waals surface area contributed by atoms with Crippen LogP contribution in [-0.4, -0.2) is 36.0 Å². The zero-order valence-electron chi connectivity index (χ0n) is 16.9. The van der Waals surface area contributed by atoms with E-state index in [0.717, 1.165) is 0 Å². The number of carbonyl (C=O) groups is 2. The van der Waals surface area contributed by atoms with Crippen molar-refractivity contribution in [3.8, 4) is 5.75 Å². The zero-order valence-corrected chi connectivity index (χ0v) is 19.3. The Morgan fingerprint density at radius 3 is 2.50 bits per heavy atom. The molecule has 8 heteroatoms. The van der Waals surface area contributed by atoms with Crippen LogP contribution in [0.5, 0.6) is 5.75 Å². The topological polar surface area (TPSA) is 67.4 Å². The molecular weight excluding hydrogens is 440 g/mol. The van der Waals surface area contributed by atoms with Gasteiger partial charge in [-0.05, 0) is 67.7 Å². The number of rotatable bonds is 7. The summed E-state index contributed by atoms with van der Waals surface area (Å²) in [6, 6.07) is 12.7. The highest BCUT2D eigenvalue weighted by molar-refractivity contribution is 8.16. The molecule has 0 bridgehead atoms. The molecular formula is C22H25ClN2O3S2. The first-order valence-corrected chi connectivity index (χ1v) is 12.3. The van der Waals surface area contributed by atoms with Crippen LogP contribution in [0.4, 0.5) is 5.69 Å². The second-order valence-electron chi connectivity index (χ2n) is 7.16. The fourth-order valence-corrected chi connectivity index (χ4v) is 5.90. The van der Waals surface area contributed by atoms with Gasteiger partial charge in [0.1, 0.15) is 5.75 Å². The van der Waals surface area contributed by atoms with Crippen molar-refractivity contribution < 1.29 is 14.3 Å². The van der Waals surface area contributed by atoms with Gasteiger partial charge >= 0.3 is 0 Å². The maximum atomic E-state index is 12.3. The summed E-state index contributed by atoms with van der Waals surface area (Å²) in [6.45, 7) is 3.62. The minimum Gasteiger partial charge on any atom is -0.484 e. The number of halogens is 1. The zero-order chi connectivity index (χ0) is 21.5. The molecule has 0 spiro atoms. The van der Waals surface area contributed by atoms with Crippen LogP contribution < -0.4 is 15.4 Å². The van der Waals surface area contributed by atoms with Crippen molar-refractivity contribution in [2.45, 2.75) is 30.9 Å². The first-order chi connectivity index (χ1) is 14.4. The van der Waals surface area contributed by atoms with Crippen LogP contribution in [0.25, 0.3) is 0 Å². The van der Waals surface area contributed by atoms with Crippen LogP contribution in [-0.2, 0) is 4.79 Å². The predicted molar refractivity (Wildman–Crippen MR) is 127 cm³/mol. The molecule has 0 saturated carbocycles. The Morgan fingerprint density at radius 2 is 1.83 bits per heavy atom. The number of nitrogens with one attached hydrogen (secondary N) is 2. The summed E-state index contributed by atoms with van der Waals surface area (Å²) in [6.07, 6.45) is 1.26. The number of hydrogen-bond donors (Lipinski definition) is 2. The highest BCUT2D eigenvalue weighted by atomic mass is 35.5. The molecule has 1 aliphatic rings. The van der Waals surface area contributed by atoms with E-state index in [-0.39, 0.29) is 24.5 Å². The first-order valence-electron chi connectivity index (χ1n) is 9.78. The Kier molecular flexibility index (Phi) is 8.36. The van der Waals surface area contributed by atoms with E-state index in [9.17, 15) is 9.59 Å². The van der Waals surface area contributed by atoms with Gasteiger partial charge in [0.05, 0.1) is 15.3 Å². The quantitative estimate of drug-likeness (QED) is 0.577. The van der Waals surface area contributed by atoms with E-state index in [2.05, 4.69) is 22.8 Å². The van der Waals surface area contributed by atoms with Crippen molar-refractivity contribution in [3.63, 3.8) is 0 Å². The molecule has 0 aromatic heterocycles. The van der Waals surface area contributed by atoms with Crippen molar-refractivity contribution in [1.82, 2.24) is 5.32 Å². The lowest BCUT2D eigenvalue weighted by molar-refractivity contribution is -0.118. The van der Waals surface area contributed by atoms with Gasteiger partial charge < -0.3 is 15.4 Å². The van der Waals surface area contributed by atoms with E-state index >= 15 is 0 Å². The van der Waals surface area contributed by atoms with Crippen LogP contribution in [0.2, 0.25) is 5.02 Å². The van der Waals surface area contributed by atoms with Crippen molar-refractivity contribution in [2.75, 3.05) is 23.4 Å². The summed E-state index contributed by atoms with van der Waals surface area (Å²) >= 11 is 10.1. The van der Waals surface area contributed by atoms with Crippen LogP contribution in [0.3, 0.4) is 0 Å². The van der Waals surface area contributed by atoms with Gasteiger partial charge in [-0.2, -0.15) is 0 Å². The monoisotopic (exact) mass is 464 g/mol. The van der Waals surface area contributed by atoms with Gasteiger partial charge in [0.25, 0.3) is 11.8 Å². The molecule has 1 heterocycles. The third kappa shape index (κ3) is 6.59. The average Bonchev–Trinajstić information content (AvgIpc) is 2.74. The van der Waals surface area contributed by atoms with Gasteiger partial charge in [0.2, 0.25) is 0 Å². The summed E-state index contributed by atoms with van der Waals surface area (Å²) in [5.41, 5.74) is 2.08. The third-order valence-electron chi connectivity index (χ3n) is 4.27. The standard InChI is InChI=1S/C22H25ClN2O3S2/c1-14(2)24-21(27)16-6-9-18(23)19(12-16)25-20(26)13-28-17-7-4-15(5-8-17)22-29-10-3-11-30-22/h4-9,12,14,22H,3,10-11,13H2,1-2H3,(H,24,27)(H,25,26). The van der Waals surface area contributed by atoms with Crippen molar-refractivity contribution in [3.05, 3.63) is 58.6 Å². The van der Waals surface area contributed by atoms with Gasteiger partial charge in [0, 0.05) is 11.6 Å². The Labute approximate surface area is 190 Å². The highest BCUT2D eigenvalue weighted by Gasteiger charge is 2.17. The summed E-state index contributed by atoms with van der Waals surface area (Å²) in [5.74, 6) is 2.46. The number of ether oxygens (including phenoxy) is 1. The minimum absolute atomic E-state index is 0.0151. The molecule has 5 nitrogen and oxygen atoms in total. The molecule has 1 aliphatic heterocycles. The van der Waals surface area contributed by atoms with Gasteiger partial charge in [-0.25, -0.2) is 0 Å². The van der Waals surface area contributed by atoms with E-state index in [1.165, 1.54) is 23.5 Å². The molecule has 2 aromatic rings. The Hall–Kier alpha value is -1.83. The number of thioether (sulfide) groups is 2. The molecule has 1 saturated heterocycles. The predicted octanol–water partition coefficient (Wildman–Crippen LogP) is 5.36. The van der Waals surface area contributed by atoms with Crippen LogP contribution in [0, 0.1) is 0 Å². The smallest absolute Gasteiger partial charge is 0.262 e. The van der Waals surface area contributed by atoms with Crippen molar-refractivity contribution in [1.29, 1.82) is 0 Å². The second kappa shape index (κ2) is 11.0. The van der Waals surface area contributed by atoms with Crippen molar-refractivity contribution >= 4 is 52.6 Å². The SMILES string of the molecule is CC(C)NC(=O)c1ccc(Cl)c(NC(=O)COc2ccc(C3SCCCS3)cc2)c1. The van der Waals surface area contributed by atoms with Gasteiger partial charge in [-0.3, -0.25) is 9.59 Å². The molecule has 2 N–H and O–H groups in total.